The average molecular weight is 278 g/mol. The van der Waals surface area contributed by atoms with Crippen molar-refractivity contribution in [1.29, 1.82) is 0 Å². The molecule has 2 aromatic heterocycles. The largest absolute Gasteiger partial charge is 0.337 e. The second-order valence-corrected chi connectivity index (χ2v) is 6.23. The molecule has 1 fully saturated rings. The first kappa shape index (κ1) is 12.7. The number of aryl methyl sites for hydroxylation is 1. The van der Waals surface area contributed by atoms with Crippen LogP contribution in [-0.4, -0.2) is 15.1 Å². The predicted molar refractivity (Wildman–Crippen MR) is 72.9 cm³/mol. The van der Waals surface area contributed by atoms with Gasteiger partial charge in [-0.15, -0.1) is 11.3 Å². The van der Waals surface area contributed by atoms with E-state index in [0.29, 0.717) is 18.1 Å². The van der Waals surface area contributed by atoms with Gasteiger partial charge in [0.2, 0.25) is 5.89 Å². The molecular formula is C13H18N4OS. The van der Waals surface area contributed by atoms with Crippen LogP contribution < -0.4 is 5.73 Å². The highest BCUT2D eigenvalue weighted by atomic mass is 32.1. The van der Waals surface area contributed by atoms with Gasteiger partial charge in [0.1, 0.15) is 5.01 Å². The molecule has 19 heavy (non-hydrogen) atoms. The highest BCUT2D eigenvalue weighted by molar-refractivity contribution is 7.09. The SMILES string of the molecule is Cc1csc(Cc2noc(C3(N)CCCCC3)n2)n1. The Bertz CT molecular complexity index is 556. The van der Waals surface area contributed by atoms with Crippen molar-refractivity contribution in [3.05, 3.63) is 27.8 Å². The molecule has 102 valence electrons. The second-order valence-electron chi connectivity index (χ2n) is 5.29. The second kappa shape index (κ2) is 5.02. The Morgan fingerprint density at radius 2 is 2.11 bits per heavy atom. The summed E-state index contributed by atoms with van der Waals surface area (Å²) in [7, 11) is 0. The Morgan fingerprint density at radius 1 is 1.32 bits per heavy atom. The molecule has 0 radical (unpaired) electrons. The number of nitrogens with zero attached hydrogens (tertiary/aromatic N) is 3. The van der Waals surface area contributed by atoms with Gasteiger partial charge in [-0.2, -0.15) is 4.98 Å². The van der Waals surface area contributed by atoms with E-state index in [9.17, 15) is 0 Å². The normalized spacial score (nSPS) is 18.6. The molecular weight excluding hydrogens is 260 g/mol. The predicted octanol–water partition coefficient (Wildman–Crippen LogP) is 2.54. The van der Waals surface area contributed by atoms with E-state index in [1.54, 1.807) is 11.3 Å². The molecule has 0 atom stereocenters. The summed E-state index contributed by atoms with van der Waals surface area (Å²) in [4.78, 5) is 8.88. The summed E-state index contributed by atoms with van der Waals surface area (Å²) in [6.07, 6.45) is 6.02. The van der Waals surface area contributed by atoms with Gasteiger partial charge in [-0.05, 0) is 19.8 Å². The summed E-state index contributed by atoms with van der Waals surface area (Å²) in [5.41, 5.74) is 7.00. The molecule has 2 aromatic rings. The van der Waals surface area contributed by atoms with Gasteiger partial charge in [-0.25, -0.2) is 4.98 Å². The molecule has 3 rings (SSSR count). The van der Waals surface area contributed by atoms with Crippen LogP contribution in [0.5, 0.6) is 0 Å². The molecule has 5 nitrogen and oxygen atoms in total. The smallest absolute Gasteiger partial charge is 0.246 e. The van der Waals surface area contributed by atoms with Crippen LogP contribution in [0.15, 0.2) is 9.90 Å². The van der Waals surface area contributed by atoms with Gasteiger partial charge in [-0.3, -0.25) is 0 Å². The molecule has 0 aliphatic heterocycles. The lowest BCUT2D eigenvalue weighted by Gasteiger charge is -2.29. The van der Waals surface area contributed by atoms with Crippen LogP contribution >= 0.6 is 11.3 Å². The fraction of sp³-hybridized carbons (Fsp3) is 0.615. The summed E-state index contributed by atoms with van der Waals surface area (Å²) in [6.45, 7) is 1.98. The van der Waals surface area contributed by atoms with Crippen molar-refractivity contribution < 1.29 is 4.52 Å². The zero-order chi connectivity index (χ0) is 13.3. The molecule has 6 heteroatoms. The number of thiazole rings is 1. The minimum absolute atomic E-state index is 0.414. The number of hydrogen-bond acceptors (Lipinski definition) is 6. The van der Waals surface area contributed by atoms with Crippen LogP contribution in [0.2, 0.25) is 0 Å². The van der Waals surface area contributed by atoms with Gasteiger partial charge >= 0.3 is 0 Å². The zero-order valence-corrected chi connectivity index (χ0v) is 11.9. The van der Waals surface area contributed by atoms with Crippen molar-refractivity contribution in [1.82, 2.24) is 15.1 Å². The lowest BCUT2D eigenvalue weighted by atomic mass is 9.82. The number of hydrogen-bond donors (Lipinski definition) is 1. The van der Waals surface area contributed by atoms with E-state index in [4.69, 9.17) is 10.3 Å². The van der Waals surface area contributed by atoms with Gasteiger partial charge in [0.05, 0.1) is 12.0 Å². The molecule has 0 amide bonds. The molecule has 0 aromatic carbocycles. The Labute approximate surface area is 116 Å². The fourth-order valence-corrected chi connectivity index (χ4v) is 3.31. The van der Waals surface area contributed by atoms with Gasteiger partial charge in [0, 0.05) is 11.1 Å². The highest BCUT2D eigenvalue weighted by Crippen LogP contribution is 2.33. The molecule has 0 saturated heterocycles. The van der Waals surface area contributed by atoms with Gasteiger partial charge < -0.3 is 10.3 Å². The van der Waals surface area contributed by atoms with Crippen molar-refractivity contribution in [2.24, 2.45) is 5.73 Å². The van der Waals surface area contributed by atoms with E-state index in [2.05, 4.69) is 15.1 Å². The third-order valence-electron chi connectivity index (χ3n) is 3.62. The Morgan fingerprint density at radius 3 is 2.79 bits per heavy atom. The molecule has 0 spiro atoms. The van der Waals surface area contributed by atoms with Crippen LogP contribution in [0.4, 0.5) is 0 Å². The molecule has 1 saturated carbocycles. The van der Waals surface area contributed by atoms with Crippen molar-refractivity contribution in [2.75, 3.05) is 0 Å². The Balaban J connectivity index is 1.75. The van der Waals surface area contributed by atoms with E-state index in [-0.39, 0.29) is 0 Å². The summed E-state index contributed by atoms with van der Waals surface area (Å²) in [5.74, 6) is 1.27. The monoisotopic (exact) mass is 278 g/mol. The van der Waals surface area contributed by atoms with Gasteiger partial charge in [0.25, 0.3) is 0 Å². The summed E-state index contributed by atoms with van der Waals surface area (Å²) in [5, 5.41) is 7.08. The standard InChI is InChI=1S/C13H18N4OS/c1-9-8-19-11(15-9)7-10-16-12(18-17-10)13(14)5-3-2-4-6-13/h8H,2-7,14H2,1H3. The minimum atomic E-state index is -0.414. The lowest BCUT2D eigenvalue weighted by Crippen LogP contribution is -2.39. The van der Waals surface area contributed by atoms with Crippen LogP contribution in [0, 0.1) is 6.92 Å². The summed E-state index contributed by atoms with van der Waals surface area (Å²) in [6, 6.07) is 0. The third kappa shape index (κ3) is 2.69. The van der Waals surface area contributed by atoms with Crippen molar-refractivity contribution in [3.63, 3.8) is 0 Å². The van der Waals surface area contributed by atoms with Crippen LogP contribution in [0.3, 0.4) is 0 Å². The molecule has 1 aliphatic rings. The van der Waals surface area contributed by atoms with Crippen LogP contribution in [0.25, 0.3) is 0 Å². The van der Waals surface area contributed by atoms with E-state index < -0.39 is 5.54 Å². The van der Waals surface area contributed by atoms with E-state index >= 15 is 0 Å². The quantitative estimate of drug-likeness (QED) is 0.933. The first-order valence-electron chi connectivity index (χ1n) is 6.69. The van der Waals surface area contributed by atoms with Crippen LogP contribution in [-0.2, 0) is 12.0 Å². The summed E-state index contributed by atoms with van der Waals surface area (Å²) < 4.78 is 5.38. The first-order chi connectivity index (χ1) is 9.16. The maximum atomic E-state index is 6.38. The van der Waals surface area contributed by atoms with Gasteiger partial charge in [-0.1, -0.05) is 24.4 Å². The summed E-state index contributed by atoms with van der Waals surface area (Å²) >= 11 is 1.62. The Kier molecular flexibility index (Phi) is 3.36. The van der Waals surface area contributed by atoms with E-state index in [1.807, 2.05) is 12.3 Å². The first-order valence-corrected chi connectivity index (χ1v) is 7.57. The maximum absolute atomic E-state index is 6.38. The number of rotatable bonds is 3. The van der Waals surface area contributed by atoms with Crippen molar-refractivity contribution >= 4 is 11.3 Å². The molecule has 0 bridgehead atoms. The van der Waals surface area contributed by atoms with E-state index in [1.165, 1.54) is 6.42 Å². The number of aromatic nitrogens is 3. The van der Waals surface area contributed by atoms with Gasteiger partial charge in [0.15, 0.2) is 5.82 Å². The highest BCUT2D eigenvalue weighted by Gasteiger charge is 2.35. The molecule has 2 N–H and O–H groups in total. The third-order valence-corrected chi connectivity index (χ3v) is 4.58. The topological polar surface area (TPSA) is 77.8 Å². The molecule has 2 heterocycles. The van der Waals surface area contributed by atoms with E-state index in [0.717, 1.165) is 36.4 Å². The fourth-order valence-electron chi connectivity index (χ4n) is 2.54. The minimum Gasteiger partial charge on any atom is -0.337 e. The van der Waals surface area contributed by atoms with Crippen molar-refractivity contribution in [3.8, 4) is 0 Å². The van der Waals surface area contributed by atoms with Crippen LogP contribution in [0.1, 0.15) is 54.5 Å². The molecule has 0 unspecified atom stereocenters. The lowest BCUT2D eigenvalue weighted by molar-refractivity contribution is 0.219. The molecule has 1 aliphatic carbocycles. The zero-order valence-electron chi connectivity index (χ0n) is 11.1. The number of nitrogens with two attached hydrogens (primary N) is 1. The van der Waals surface area contributed by atoms with Crippen molar-refractivity contribution in [2.45, 2.75) is 51.0 Å². The average Bonchev–Trinajstić information content (AvgIpc) is 3.01. The Hall–Kier alpha value is -1.27. The maximum Gasteiger partial charge on any atom is 0.246 e.